The summed E-state index contributed by atoms with van der Waals surface area (Å²) in [5.41, 5.74) is 10.6. The van der Waals surface area contributed by atoms with Gasteiger partial charge in [0.2, 0.25) is 0 Å². The smallest absolute Gasteiger partial charge is 0.164 e. The number of nitrogens with zero attached hydrogens (tertiary/aromatic N) is 6. The van der Waals surface area contributed by atoms with E-state index in [1.165, 1.54) is 0 Å². The van der Waals surface area contributed by atoms with E-state index in [2.05, 4.69) is 36.4 Å². The van der Waals surface area contributed by atoms with Gasteiger partial charge in [0.25, 0.3) is 0 Å². The molecule has 7 aromatic carbocycles. The maximum absolute atomic E-state index is 10.5. The number of aromatic nitrogens is 5. The maximum Gasteiger partial charge on any atom is 0.164 e. The molecule has 6 nitrogen and oxygen atoms in total. The van der Waals surface area contributed by atoms with Gasteiger partial charge in [0.15, 0.2) is 23.3 Å². The third kappa shape index (κ3) is 6.27. The van der Waals surface area contributed by atoms with Gasteiger partial charge in [-0.1, -0.05) is 176 Å². The molecule has 252 valence electrons. The van der Waals surface area contributed by atoms with Crippen molar-refractivity contribution in [3.8, 4) is 85.1 Å². The van der Waals surface area contributed by atoms with Gasteiger partial charge in [-0.25, -0.2) is 24.9 Å². The van der Waals surface area contributed by atoms with Crippen LogP contribution >= 0.6 is 0 Å². The SMILES string of the molecule is N#Cc1c(-c2ccc(-c3nc(-c4ccccc4)nc(-c4ccccc4)n3)cc2)cccc1-c1ccc(-c2nc(-c3ccccc3)nc3ccccc23)cc1. The van der Waals surface area contributed by atoms with Gasteiger partial charge in [-0.3, -0.25) is 0 Å². The lowest BCUT2D eigenvalue weighted by molar-refractivity contribution is 1.07. The molecule has 9 aromatic rings. The second-order valence-corrected chi connectivity index (χ2v) is 12.8. The highest BCUT2D eigenvalue weighted by molar-refractivity contribution is 5.94. The van der Waals surface area contributed by atoms with Crippen molar-refractivity contribution in [2.75, 3.05) is 0 Å². The molecule has 2 aromatic heterocycles. The van der Waals surface area contributed by atoms with Gasteiger partial charge in [0, 0.05) is 44.3 Å². The number of nitriles is 1. The molecule has 0 fully saturated rings. The molecule has 0 aliphatic rings. The van der Waals surface area contributed by atoms with Crippen LogP contribution in [0.5, 0.6) is 0 Å². The first kappa shape index (κ1) is 32.3. The lowest BCUT2D eigenvalue weighted by atomic mass is 9.91. The Kier molecular flexibility index (Phi) is 8.48. The second kappa shape index (κ2) is 14.2. The molecule has 0 bridgehead atoms. The molecule has 0 unspecified atom stereocenters. The van der Waals surface area contributed by atoms with E-state index in [1.807, 2.05) is 152 Å². The minimum Gasteiger partial charge on any atom is -0.228 e. The summed E-state index contributed by atoms with van der Waals surface area (Å²) in [5.74, 6) is 2.48. The standard InChI is InChI=1S/C48H30N6/c49-31-42-39(32-23-27-34(28-24-32)44-41-19-10-11-22-43(41)50-45(51-44)35-13-4-1-5-14-35)20-12-21-40(42)33-25-29-38(30-26-33)48-53-46(36-15-6-2-7-16-36)52-47(54-48)37-17-8-3-9-18-37/h1-30H. The number of rotatable bonds is 7. The first-order valence-electron chi connectivity index (χ1n) is 17.7. The fourth-order valence-electron chi connectivity index (χ4n) is 6.71. The summed E-state index contributed by atoms with van der Waals surface area (Å²) in [6.45, 7) is 0. The van der Waals surface area contributed by atoms with Gasteiger partial charge in [0.1, 0.15) is 6.07 Å². The Morgan fingerprint density at radius 2 is 0.704 bits per heavy atom. The first-order valence-corrected chi connectivity index (χ1v) is 17.7. The molecular formula is C48H30N6. The van der Waals surface area contributed by atoms with Crippen LogP contribution < -0.4 is 0 Å². The van der Waals surface area contributed by atoms with E-state index in [4.69, 9.17) is 24.9 Å². The number of hydrogen-bond acceptors (Lipinski definition) is 6. The summed E-state index contributed by atoms with van der Waals surface area (Å²) in [5, 5.41) is 11.5. The fourth-order valence-corrected chi connectivity index (χ4v) is 6.71. The normalized spacial score (nSPS) is 10.9. The largest absolute Gasteiger partial charge is 0.228 e. The van der Waals surface area contributed by atoms with Gasteiger partial charge in [0.05, 0.1) is 16.8 Å². The molecule has 0 aliphatic carbocycles. The first-order chi connectivity index (χ1) is 26.7. The predicted molar refractivity (Wildman–Crippen MR) is 216 cm³/mol. The second-order valence-electron chi connectivity index (χ2n) is 12.8. The van der Waals surface area contributed by atoms with Crippen LogP contribution in [0.2, 0.25) is 0 Å². The van der Waals surface area contributed by atoms with E-state index in [0.717, 1.165) is 66.7 Å². The summed E-state index contributed by atoms with van der Waals surface area (Å²) in [7, 11) is 0. The summed E-state index contributed by atoms with van der Waals surface area (Å²) in [4.78, 5) is 24.4. The lowest BCUT2D eigenvalue weighted by Gasteiger charge is -2.13. The Balaban J connectivity index is 1.06. The Morgan fingerprint density at radius 1 is 0.315 bits per heavy atom. The van der Waals surface area contributed by atoms with Crippen molar-refractivity contribution in [2.45, 2.75) is 0 Å². The van der Waals surface area contributed by atoms with Gasteiger partial charge in [-0.15, -0.1) is 0 Å². The highest BCUT2D eigenvalue weighted by Gasteiger charge is 2.16. The van der Waals surface area contributed by atoms with E-state index in [-0.39, 0.29) is 0 Å². The quantitative estimate of drug-likeness (QED) is 0.165. The van der Waals surface area contributed by atoms with Crippen LogP contribution in [0.15, 0.2) is 182 Å². The molecular weight excluding hydrogens is 661 g/mol. The molecule has 0 saturated heterocycles. The number of hydrogen-bond donors (Lipinski definition) is 0. The molecule has 6 heteroatoms. The van der Waals surface area contributed by atoms with Crippen molar-refractivity contribution in [1.82, 2.24) is 24.9 Å². The third-order valence-electron chi connectivity index (χ3n) is 9.43. The lowest BCUT2D eigenvalue weighted by Crippen LogP contribution is -2.00. The zero-order valence-electron chi connectivity index (χ0n) is 29.0. The monoisotopic (exact) mass is 690 g/mol. The van der Waals surface area contributed by atoms with Crippen molar-refractivity contribution in [3.63, 3.8) is 0 Å². The van der Waals surface area contributed by atoms with Crippen LogP contribution in [-0.2, 0) is 0 Å². The highest BCUT2D eigenvalue weighted by Crippen LogP contribution is 2.35. The molecule has 0 radical (unpaired) electrons. The van der Waals surface area contributed by atoms with Crippen LogP contribution in [0.1, 0.15) is 5.56 Å². The number of benzene rings is 7. The van der Waals surface area contributed by atoms with Crippen LogP contribution in [0.25, 0.3) is 90.0 Å². The van der Waals surface area contributed by atoms with Crippen LogP contribution in [-0.4, -0.2) is 24.9 Å². The predicted octanol–water partition coefficient (Wildman–Crippen LogP) is 11.4. The zero-order chi connectivity index (χ0) is 36.3. The molecule has 0 spiro atoms. The summed E-state index contributed by atoms with van der Waals surface area (Å²) >= 11 is 0. The Hall–Kier alpha value is -7.62. The maximum atomic E-state index is 10.5. The van der Waals surface area contributed by atoms with Crippen molar-refractivity contribution >= 4 is 10.9 Å². The highest BCUT2D eigenvalue weighted by atomic mass is 15.0. The van der Waals surface area contributed by atoms with E-state index in [0.29, 0.717) is 28.9 Å². The van der Waals surface area contributed by atoms with Gasteiger partial charge >= 0.3 is 0 Å². The minimum atomic E-state index is 0.580. The Bertz CT molecular complexity index is 2740. The molecule has 0 saturated carbocycles. The van der Waals surface area contributed by atoms with Gasteiger partial charge in [-0.2, -0.15) is 5.26 Å². The summed E-state index contributed by atoms with van der Waals surface area (Å²) in [6, 6.07) is 62.8. The third-order valence-corrected chi connectivity index (χ3v) is 9.43. The van der Waals surface area contributed by atoms with Gasteiger partial charge < -0.3 is 0 Å². The van der Waals surface area contributed by atoms with Crippen LogP contribution in [0.3, 0.4) is 0 Å². The molecule has 0 N–H and O–H groups in total. The molecule has 54 heavy (non-hydrogen) atoms. The molecule has 0 amide bonds. The number of fused-ring (bicyclic) bond motifs is 1. The van der Waals surface area contributed by atoms with Crippen LogP contribution in [0, 0.1) is 11.3 Å². The zero-order valence-corrected chi connectivity index (χ0v) is 29.0. The Morgan fingerprint density at radius 3 is 1.19 bits per heavy atom. The average Bonchev–Trinajstić information content (AvgIpc) is 3.26. The fraction of sp³-hybridized carbons (Fsp3) is 0. The van der Waals surface area contributed by atoms with Crippen molar-refractivity contribution in [2.24, 2.45) is 0 Å². The van der Waals surface area contributed by atoms with Crippen LogP contribution in [0.4, 0.5) is 0 Å². The van der Waals surface area contributed by atoms with E-state index in [9.17, 15) is 5.26 Å². The average molecular weight is 691 g/mol. The van der Waals surface area contributed by atoms with E-state index < -0.39 is 0 Å². The van der Waals surface area contributed by atoms with Crippen molar-refractivity contribution < 1.29 is 0 Å². The summed E-state index contributed by atoms with van der Waals surface area (Å²) < 4.78 is 0. The van der Waals surface area contributed by atoms with Crippen molar-refractivity contribution in [3.05, 3.63) is 188 Å². The van der Waals surface area contributed by atoms with E-state index in [1.54, 1.807) is 0 Å². The van der Waals surface area contributed by atoms with E-state index >= 15 is 0 Å². The molecule has 0 atom stereocenters. The molecule has 9 rings (SSSR count). The van der Waals surface area contributed by atoms with Crippen molar-refractivity contribution in [1.29, 1.82) is 5.26 Å². The Labute approximate surface area is 312 Å². The molecule has 2 heterocycles. The van der Waals surface area contributed by atoms with Gasteiger partial charge in [-0.05, 0) is 17.2 Å². The minimum absolute atomic E-state index is 0.580. The molecule has 0 aliphatic heterocycles. The topological polar surface area (TPSA) is 88.2 Å². The summed E-state index contributed by atoms with van der Waals surface area (Å²) in [6.07, 6.45) is 0. The number of para-hydroxylation sites is 1.